The van der Waals surface area contributed by atoms with Crippen molar-refractivity contribution < 1.29 is 33.1 Å². The number of esters is 1. The molecule has 2 saturated heterocycles. The summed E-state index contributed by atoms with van der Waals surface area (Å²) in [6, 6.07) is -0.755. The van der Waals surface area contributed by atoms with Crippen molar-refractivity contribution in [3.8, 4) is 0 Å². The van der Waals surface area contributed by atoms with E-state index in [1.54, 1.807) is 12.2 Å². The molecule has 3 aliphatic heterocycles. The maximum absolute atomic E-state index is 13.3. The molecule has 1 aromatic rings. The van der Waals surface area contributed by atoms with Crippen LogP contribution in [0.5, 0.6) is 0 Å². The topological polar surface area (TPSA) is 128 Å². The highest BCUT2D eigenvalue weighted by Gasteiger charge is 2.40. The van der Waals surface area contributed by atoms with Gasteiger partial charge < -0.3 is 24.1 Å². The number of Topliss-reactive ketones (excluding diaryl/α,β-unsaturated/α-hetero) is 1. The Balaban J connectivity index is 1.62. The minimum atomic E-state index is -1.01. The van der Waals surface area contributed by atoms with Crippen LogP contribution in [0.15, 0.2) is 46.6 Å². The Kier molecular flexibility index (Phi) is 8.61. The molecule has 10 heteroatoms. The molecule has 2 fully saturated rings. The zero-order valence-corrected chi connectivity index (χ0v) is 22.2. The molecule has 0 saturated carbocycles. The molecule has 1 N–H and O–H groups in total. The van der Waals surface area contributed by atoms with E-state index in [0.29, 0.717) is 25.9 Å². The highest BCUT2D eigenvalue weighted by atomic mass is 16.5. The molecule has 0 radical (unpaired) electrons. The Labute approximate surface area is 222 Å². The Morgan fingerprint density at radius 2 is 1.95 bits per heavy atom. The first-order chi connectivity index (χ1) is 18.1. The van der Waals surface area contributed by atoms with Crippen molar-refractivity contribution >= 4 is 23.6 Å². The smallest absolute Gasteiger partial charge is 0.329 e. The molecule has 1 aromatic heterocycles. The van der Waals surface area contributed by atoms with E-state index in [1.165, 1.54) is 17.2 Å². The quantitative estimate of drug-likeness (QED) is 0.554. The van der Waals surface area contributed by atoms with Crippen molar-refractivity contribution in [3.63, 3.8) is 0 Å². The van der Waals surface area contributed by atoms with Gasteiger partial charge in [0.15, 0.2) is 17.6 Å². The number of fused-ring (bicyclic) bond motifs is 6. The number of amides is 2. The number of carbonyl (C=O) groups excluding carboxylic acids is 4. The van der Waals surface area contributed by atoms with Crippen molar-refractivity contribution in [2.24, 2.45) is 11.8 Å². The fraction of sp³-hybridized carbons (Fsp3) is 0.536. The number of cyclic esters (lactones) is 1. The summed E-state index contributed by atoms with van der Waals surface area (Å²) < 4.78 is 17.2. The van der Waals surface area contributed by atoms with Crippen molar-refractivity contribution in [1.29, 1.82) is 0 Å². The van der Waals surface area contributed by atoms with Gasteiger partial charge in [0.25, 0.3) is 5.91 Å². The highest BCUT2D eigenvalue weighted by molar-refractivity contribution is 5.95. The van der Waals surface area contributed by atoms with E-state index in [2.05, 4.69) is 10.3 Å². The predicted octanol–water partition coefficient (Wildman–Crippen LogP) is 3.07. The summed E-state index contributed by atoms with van der Waals surface area (Å²) >= 11 is 0. The number of carbonyl (C=O) groups is 4. The Hall–Kier alpha value is -3.53. The second kappa shape index (κ2) is 11.9. The van der Waals surface area contributed by atoms with Gasteiger partial charge in [-0.2, -0.15) is 0 Å². The van der Waals surface area contributed by atoms with Crippen molar-refractivity contribution in [1.82, 2.24) is 15.2 Å². The van der Waals surface area contributed by atoms with Gasteiger partial charge in [-0.15, -0.1) is 0 Å². The first kappa shape index (κ1) is 27.5. The molecule has 3 aliphatic rings. The molecular formula is C28H35N3O7. The number of nitrogens with zero attached hydrogens (tertiary/aromatic N) is 2. The Morgan fingerprint density at radius 3 is 2.71 bits per heavy atom. The van der Waals surface area contributed by atoms with Crippen LogP contribution in [0.4, 0.5) is 0 Å². The standard InChI is InChI=1S/C28H35N3O7/c1-16(2)24-18(4)9-10-23(33)29-11-5-7-17(3)13-19-14-22(32)25(37-19)26-30-20(15-36-26)27(34)31-12-6-8-21(31)28(35)38-24/h5,7,9-10,13,15-16,18-19,21,24-25H,6,8,11-12,14H2,1-4H3,(H,29,33)/b7-5-,10-9-,17-13-/t18-,19-,21-,24-,25?/m1/s1. The summed E-state index contributed by atoms with van der Waals surface area (Å²) in [5.41, 5.74) is 0.882. The van der Waals surface area contributed by atoms with Crippen LogP contribution in [0.25, 0.3) is 0 Å². The van der Waals surface area contributed by atoms with Crippen LogP contribution >= 0.6 is 0 Å². The van der Waals surface area contributed by atoms with E-state index in [0.717, 1.165) is 5.57 Å². The minimum absolute atomic E-state index is 0.0127. The van der Waals surface area contributed by atoms with Crippen LogP contribution < -0.4 is 5.32 Å². The largest absolute Gasteiger partial charge is 0.460 e. The highest BCUT2D eigenvalue weighted by Crippen LogP contribution is 2.31. The van der Waals surface area contributed by atoms with Gasteiger partial charge in [0.05, 0.1) is 6.10 Å². The van der Waals surface area contributed by atoms with Crippen LogP contribution in [-0.2, 0) is 23.9 Å². The van der Waals surface area contributed by atoms with Gasteiger partial charge >= 0.3 is 5.97 Å². The molecule has 4 rings (SSSR count). The number of aromatic nitrogens is 1. The molecule has 0 aromatic carbocycles. The van der Waals surface area contributed by atoms with Gasteiger partial charge in [0.2, 0.25) is 11.8 Å². The third kappa shape index (κ3) is 6.30. The Bertz CT molecular complexity index is 1160. The fourth-order valence-corrected chi connectivity index (χ4v) is 5.03. The van der Waals surface area contributed by atoms with Gasteiger partial charge in [-0.1, -0.05) is 50.6 Å². The average Bonchev–Trinajstić information content (AvgIpc) is 3.62. The van der Waals surface area contributed by atoms with E-state index in [1.807, 2.05) is 39.8 Å². The molecule has 2 amide bonds. The lowest BCUT2D eigenvalue weighted by Gasteiger charge is -2.29. The third-order valence-corrected chi connectivity index (χ3v) is 6.96. The average molecular weight is 526 g/mol. The second-order valence-corrected chi connectivity index (χ2v) is 10.4. The SMILES string of the molecule is CC1=C/[C@@H]2CC(=O)C(O2)c2nc(co2)C(=O)N2CCC[C@@H]2C(=O)O[C@H](C(C)C)[C@H](C)/C=C\C(=O)NC/C=C\1. The van der Waals surface area contributed by atoms with Crippen molar-refractivity contribution in [2.45, 2.75) is 71.3 Å². The van der Waals surface area contributed by atoms with Gasteiger partial charge in [-0.05, 0) is 31.8 Å². The summed E-state index contributed by atoms with van der Waals surface area (Å²) in [5, 5.41) is 2.79. The van der Waals surface area contributed by atoms with Crippen LogP contribution in [0, 0.1) is 11.8 Å². The molecule has 204 valence electrons. The number of ether oxygens (including phenoxy) is 2. The summed E-state index contributed by atoms with van der Waals surface area (Å²) in [7, 11) is 0. The summed E-state index contributed by atoms with van der Waals surface area (Å²) in [6.07, 6.45) is 9.16. The Morgan fingerprint density at radius 1 is 1.16 bits per heavy atom. The fourth-order valence-electron chi connectivity index (χ4n) is 5.03. The maximum Gasteiger partial charge on any atom is 0.329 e. The van der Waals surface area contributed by atoms with Crippen LogP contribution in [0.2, 0.25) is 0 Å². The van der Waals surface area contributed by atoms with Gasteiger partial charge in [0.1, 0.15) is 18.4 Å². The lowest BCUT2D eigenvalue weighted by Crippen LogP contribution is -2.44. The normalized spacial score (nSPS) is 32.5. The molecule has 1 unspecified atom stereocenters. The first-order valence-electron chi connectivity index (χ1n) is 13.1. The van der Waals surface area contributed by atoms with Crippen molar-refractivity contribution in [2.75, 3.05) is 13.1 Å². The lowest BCUT2D eigenvalue weighted by atomic mass is 9.94. The van der Waals surface area contributed by atoms with E-state index in [9.17, 15) is 19.2 Å². The molecule has 38 heavy (non-hydrogen) atoms. The second-order valence-electron chi connectivity index (χ2n) is 10.4. The number of oxazole rings is 1. The van der Waals surface area contributed by atoms with Crippen LogP contribution in [0.1, 0.15) is 69.4 Å². The number of hydrogen-bond donors (Lipinski definition) is 1. The maximum atomic E-state index is 13.3. The van der Waals surface area contributed by atoms with E-state index in [4.69, 9.17) is 13.9 Å². The molecule has 5 atom stereocenters. The van der Waals surface area contributed by atoms with Crippen molar-refractivity contribution in [3.05, 3.63) is 53.8 Å². The summed E-state index contributed by atoms with van der Waals surface area (Å²) in [4.78, 5) is 57.1. The number of nitrogens with one attached hydrogen (secondary N) is 1. The molecule has 10 nitrogen and oxygen atoms in total. The molecule has 0 spiro atoms. The summed E-state index contributed by atoms with van der Waals surface area (Å²) in [6.45, 7) is 8.35. The van der Waals surface area contributed by atoms with E-state index < -0.39 is 36.2 Å². The molecule has 4 heterocycles. The number of hydrogen-bond acceptors (Lipinski definition) is 8. The van der Waals surface area contributed by atoms with Crippen LogP contribution in [0.3, 0.4) is 0 Å². The minimum Gasteiger partial charge on any atom is -0.460 e. The van der Waals surface area contributed by atoms with Gasteiger partial charge in [-0.25, -0.2) is 9.78 Å². The molecule has 4 bridgehead atoms. The lowest BCUT2D eigenvalue weighted by molar-refractivity contribution is -0.158. The number of allylic oxidation sites excluding steroid dienone is 2. The first-order valence-corrected chi connectivity index (χ1v) is 13.1. The summed E-state index contributed by atoms with van der Waals surface area (Å²) in [5.74, 6) is -1.63. The van der Waals surface area contributed by atoms with Gasteiger partial charge in [-0.3, -0.25) is 14.4 Å². The number of rotatable bonds is 1. The molecular weight excluding hydrogens is 490 g/mol. The van der Waals surface area contributed by atoms with Crippen LogP contribution in [-0.4, -0.2) is 64.8 Å². The van der Waals surface area contributed by atoms with E-state index >= 15 is 0 Å². The third-order valence-electron chi connectivity index (χ3n) is 6.96. The monoisotopic (exact) mass is 525 g/mol. The van der Waals surface area contributed by atoms with Gasteiger partial charge in [0, 0.05) is 25.4 Å². The predicted molar refractivity (Wildman–Crippen MR) is 137 cm³/mol. The number of ketones is 1. The zero-order chi connectivity index (χ0) is 27.4. The zero-order valence-electron chi connectivity index (χ0n) is 22.2. The van der Waals surface area contributed by atoms with E-state index in [-0.39, 0.29) is 41.5 Å². The molecule has 0 aliphatic carbocycles.